The lowest BCUT2D eigenvalue weighted by Crippen LogP contribution is -2.02. The highest BCUT2D eigenvalue weighted by Crippen LogP contribution is 2.29. The van der Waals surface area contributed by atoms with Crippen LogP contribution in [0.25, 0.3) is 5.57 Å². The summed E-state index contributed by atoms with van der Waals surface area (Å²) in [5.41, 5.74) is 2.08. The van der Waals surface area contributed by atoms with E-state index in [1.807, 2.05) is 24.3 Å². The molecule has 0 unspecified atom stereocenters. The Hall–Kier alpha value is -1.08. The van der Waals surface area contributed by atoms with Crippen molar-refractivity contribution in [2.75, 3.05) is 0 Å². The zero-order valence-electron chi connectivity index (χ0n) is 7.79. The highest BCUT2D eigenvalue weighted by Gasteiger charge is 2.12. The molecule has 2 rings (SSSR count). The van der Waals surface area contributed by atoms with Crippen molar-refractivity contribution in [3.05, 3.63) is 40.9 Å². The Bertz CT molecular complexity index is 393. The van der Waals surface area contributed by atoms with E-state index in [4.69, 9.17) is 11.6 Å². The minimum Gasteiger partial charge on any atom is -0.295 e. The zero-order valence-corrected chi connectivity index (χ0v) is 8.55. The second-order valence-corrected chi connectivity index (χ2v) is 3.88. The minimum absolute atomic E-state index is 0.214. The Morgan fingerprint density at radius 1 is 1.14 bits per heavy atom. The molecule has 0 saturated carbocycles. The number of ketones is 1. The van der Waals surface area contributed by atoms with Crippen molar-refractivity contribution >= 4 is 23.0 Å². The molecule has 1 aromatic rings. The number of carbonyl (C=O) groups is 1. The van der Waals surface area contributed by atoms with Crippen LogP contribution in [0.15, 0.2) is 30.3 Å². The molecule has 0 N–H and O–H groups in total. The van der Waals surface area contributed by atoms with Gasteiger partial charge in [-0.1, -0.05) is 29.8 Å². The van der Waals surface area contributed by atoms with Crippen molar-refractivity contribution < 1.29 is 4.79 Å². The second-order valence-electron chi connectivity index (χ2n) is 3.47. The van der Waals surface area contributed by atoms with Gasteiger partial charge in [-0.2, -0.15) is 0 Å². The van der Waals surface area contributed by atoms with Crippen LogP contribution in [0, 0.1) is 0 Å². The molecule has 0 bridgehead atoms. The van der Waals surface area contributed by atoms with E-state index in [0.717, 1.165) is 29.0 Å². The maximum atomic E-state index is 11.2. The van der Waals surface area contributed by atoms with Crippen molar-refractivity contribution in [3.8, 4) is 0 Å². The molecule has 0 saturated heterocycles. The molecule has 2 heteroatoms. The first kappa shape index (κ1) is 9.47. The van der Waals surface area contributed by atoms with Crippen molar-refractivity contribution in [3.63, 3.8) is 0 Å². The van der Waals surface area contributed by atoms with E-state index >= 15 is 0 Å². The van der Waals surface area contributed by atoms with Crippen LogP contribution in [-0.4, -0.2) is 5.78 Å². The second kappa shape index (κ2) is 3.97. The summed E-state index contributed by atoms with van der Waals surface area (Å²) >= 11 is 6.05. The Balaban J connectivity index is 2.40. The first-order valence-electron chi connectivity index (χ1n) is 4.75. The van der Waals surface area contributed by atoms with Crippen molar-refractivity contribution in [2.24, 2.45) is 0 Å². The van der Waals surface area contributed by atoms with Gasteiger partial charge >= 0.3 is 0 Å². The molecule has 0 radical (unpaired) electrons. The minimum atomic E-state index is 0.214. The molecule has 0 aromatic heterocycles. The van der Waals surface area contributed by atoms with Gasteiger partial charge in [0.15, 0.2) is 5.78 Å². The molecule has 0 spiro atoms. The number of halogens is 1. The normalized spacial score (nSPS) is 16.6. The summed E-state index contributed by atoms with van der Waals surface area (Å²) in [5, 5.41) is 0.730. The van der Waals surface area contributed by atoms with E-state index in [1.165, 1.54) is 0 Å². The Labute approximate surface area is 88.4 Å². The SMILES string of the molecule is O=C1C=C(c2ccccc2Cl)CCC1. The standard InChI is InChI=1S/C12H11ClO/c13-12-7-2-1-6-11(12)9-4-3-5-10(14)8-9/h1-2,6-8H,3-5H2. The Morgan fingerprint density at radius 2 is 1.93 bits per heavy atom. The van der Waals surface area contributed by atoms with Gasteiger partial charge in [0.25, 0.3) is 0 Å². The van der Waals surface area contributed by atoms with E-state index < -0.39 is 0 Å². The van der Waals surface area contributed by atoms with Crippen LogP contribution in [0.3, 0.4) is 0 Å². The third kappa shape index (κ3) is 1.88. The van der Waals surface area contributed by atoms with Crippen LogP contribution in [0.5, 0.6) is 0 Å². The maximum absolute atomic E-state index is 11.2. The molecule has 1 aliphatic carbocycles. The van der Waals surface area contributed by atoms with Gasteiger partial charge in [-0.3, -0.25) is 4.79 Å². The fourth-order valence-corrected chi connectivity index (χ4v) is 1.98. The summed E-state index contributed by atoms with van der Waals surface area (Å²) in [4.78, 5) is 11.2. The third-order valence-electron chi connectivity index (χ3n) is 2.42. The summed E-state index contributed by atoms with van der Waals surface area (Å²) in [6, 6.07) is 7.67. The van der Waals surface area contributed by atoms with Gasteiger partial charge in [-0.05, 0) is 36.1 Å². The number of benzene rings is 1. The summed E-state index contributed by atoms with van der Waals surface area (Å²) < 4.78 is 0. The van der Waals surface area contributed by atoms with E-state index in [2.05, 4.69) is 0 Å². The van der Waals surface area contributed by atoms with Crippen molar-refractivity contribution in [1.82, 2.24) is 0 Å². The molecule has 0 aliphatic heterocycles. The molecule has 1 nitrogen and oxygen atoms in total. The number of carbonyl (C=O) groups excluding carboxylic acids is 1. The lowest BCUT2D eigenvalue weighted by molar-refractivity contribution is -0.114. The average molecular weight is 207 g/mol. The lowest BCUT2D eigenvalue weighted by atomic mass is 9.93. The van der Waals surface area contributed by atoms with E-state index in [0.29, 0.717) is 6.42 Å². The van der Waals surface area contributed by atoms with Crippen LogP contribution in [0.1, 0.15) is 24.8 Å². The first-order valence-corrected chi connectivity index (χ1v) is 5.13. The maximum Gasteiger partial charge on any atom is 0.155 e. The molecular formula is C12H11ClO. The number of rotatable bonds is 1. The lowest BCUT2D eigenvalue weighted by Gasteiger charge is -2.13. The number of hydrogen-bond donors (Lipinski definition) is 0. The molecule has 72 valence electrons. The fraction of sp³-hybridized carbons (Fsp3) is 0.250. The first-order chi connectivity index (χ1) is 6.77. The van der Waals surface area contributed by atoms with Gasteiger partial charge in [0.1, 0.15) is 0 Å². The fourth-order valence-electron chi connectivity index (χ4n) is 1.73. The average Bonchev–Trinajstić information content (AvgIpc) is 2.18. The van der Waals surface area contributed by atoms with Gasteiger partial charge in [0, 0.05) is 11.4 Å². The van der Waals surface area contributed by atoms with E-state index in [9.17, 15) is 4.79 Å². The topological polar surface area (TPSA) is 17.1 Å². The van der Waals surface area contributed by atoms with Gasteiger partial charge in [0.2, 0.25) is 0 Å². The van der Waals surface area contributed by atoms with Gasteiger partial charge < -0.3 is 0 Å². The predicted molar refractivity (Wildman–Crippen MR) is 58.3 cm³/mol. The van der Waals surface area contributed by atoms with Crippen LogP contribution in [0.2, 0.25) is 5.02 Å². The summed E-state index contributed by atoms with van der Waals surface area (Å²) in [5.74, 6) is 0.214. The van der Waals surface area contributed by atoms with Crippen LogP contribution in [0.4, 0.5) is 0 Å². The highest BCUT2D eigenvalue weighted by molar-refractivity contribution is 6.32. The van der Waals surface area contributed by atoms with E-state index in [-0.39, 0.29) is 5.78 Å². The van der Waals surface area contributed by atoms with Gasteiger partial charge in [-0.15, -0.1) is 0 Å². The molecule has 0 fully saturated rings. The van der Waals surface area contributed by atoms with Gasteiger partial charge in [0.05, 0.1) is 0 Å². The van der Waals surface area contributed by atoms with Crippen LogP contribution < -0.4 is 0 Å². The molecule has 14 heavy (non-hydrogen) atoms. The summed E-state index contributed by atoms with van der Waals surface area (Å²) in [6.07, 6.45) is 4.30. The van der Waals surface area contributed by atoms with E-state index in [1.54, 1.807) is 6.08 Å². The van der Waals surface area contributed by atoms with Crippen molar-refractivity contribution in [2.45, 2.75) is 19.3 Å². The highest BCUT2D eigenvalue weighted by atomic mass is 35.5. The molecular weight excluding hydrogens is 196 g/mol. The van der Waals surface area contributed by atoms with Crippen molar-refractivity contribution in [1.29, 1.82) is 0 Å². The summed E-state index contributed by atoms with van der Waals surface area (Å²) in [7, 11) is 0. The zero-order chi connectivity index (χ0) is 9.97. The molecule has 0 atom stereocenters. The monoisotopic (exact) mass is 206 g/mol. The molecule has 1 aromatic carbocycles. The van der Waals surface area contributed by atoms with Gasteiger partial charge in [-0.25, -0.2) is 0 Å². The van der Waals surface area contributed by atoms with Crippen LogP contribution in [-0.2, 0) is 4.79 Å². The number of allylic oxidation sites excluding steroid dienone is 2. The Kier molecular flexibility index (Phi) is 2.69. The smallest absolute Gasteiger partial charge is 0.155 e. The predicted octanol–water partition coefficient (Wildman–Crippen LogP) is 3.48. The molecule has 0 amide bonds. The molecule has 1 aliphatic rings. The summed E-state index contributed by atoms with van der Waals surface area (Å²) in [6.45, 7) is 0. The van der Waals surface area contributed by atoms with Crippen LogP contribution >= 0.6 is 11.6 Å². The molecule has 0 heterocycles. The number of hydrogen-bond acceptors (Lipinski definition) is 1. The Morgan fingerprint density at radius 3 is 2.64 bits per heavy atom. The largest absolute Gasteiger partial charge is 0.295 e. The third-order valence-corrected chi connectivity index (χ3v) is 2.75. The quantitative estimate of drug-likeness (QED) is 0.688.